The van der Waals surface area contributed by atoms with Gasteiger partial charge in [0.25, 0.3) is 0 Å². The average Bonchev–Trinajstić information content (AvgIpc) is 3.00. The van der Waals surface area contributed by atoms with Crippen molar-refractivity contribution in [2.24, 2.45) is 5.41 Å². The molecule has 0 amide bonds. The standard InChI is InChI=1S/C16H20ClN3O/c1-4-16(2,3)15(21)14(20-11-18-10-19-20)9-12-5-7-13(17)8-6-12/h5-11,15,21H,4H2,1-3H3. The topological polar surface area (TPSA) is 50.9 Å². The number of nitrogens with zero attached hydrogens (tertiary/aromatic N) is 3. The summed E-state index contributed by atoms with van der Waals surface area (Å²) in [4.78, 5) is 3.97. The van der Waals surface area contributed by atoms with E-state index in [0.29, 0.717) is 10.7 Å². The van der Waals surface area contributed by atoms with Gasteiger partial charge < -0.3 is 5.11 Å². The van der Waals surface area contributed by atoms with Gasteiger partial charge in [0.2, 0.25) is 0 Å². The van der Waals surface area contributed by atoms with E-state index in [1.807, 2.05) is 44.2 Å². The molecule has 0 saturated heterocycles. The summed E-state index contributed by atoms with van der Waals surface area (Å²) < 4.78 is 1.61. The second-order valence-corrected chi connectivity index (χ2v) is 6.14. The van der Waals surface area contributed by atoms with Gasteiger partial charge in [-0.15, -0.1) is 0 Å². The zero-order valence-corrected chi connectivity index (χ0v) is 13.2. The minimum Gasteiger partial charge on any atom is -0.386 e. The van der Waals surface area contributed by atoms with Crippen LogP contribution < -0.4 is 0 Å². The Hall–Kier alpha value is -1.65. The Morgan fingerprint density at radius 3 is 2.57 bits per heavy atom. The first-order chi connectivity index (χ1) is 9.94. The van der Waals surface area contributed by atoms with Gasteiger partial charge in [-0.3, -0.25) is 0 Å². The number of rotatable bonds is 5. The number of halogens is 1. The van der Waals surface area contributed by atoms with E-state index in [9.17, 15) is 5.11 Å². The highest BCUT2D eigenvalue weighted by molar-refractivity contribution is 6.30. The Balaban J connectivity index is 2.44. The lowest BCUT2D eigenvalue weighted by molar-refractivity contribution is 0.0911. The van der Waals surface area contributed by atoms with Crippen molar-refractivity contribution in [1.29, 1.82) is 0 Å². The van der Waals surface area contributed by atoms with Gasteiger partial charge >= 0.3 is 0 Å². The van der Waals surface area contributed by atoms with Gasteiger partial charge in [0.15, 0.2) is 0 Å². The molecule has 1 aromatic heterocycles. The molecule has 0 radical (unpaired) electrons. The SMILES string of the molecule is CCC(C)(C)C(O)C(=Cc1ccc(Cl)cc1)n1cncn1. The van der Waals surface area contributed by atoms with E-state index in [-0.39, 0.29) is 5.41 Å². The van der Waals surface area contributed by atoms with Crippen LogP contribution in [0.15, 0.2) is 36.9 Å². The fourth-order valence-electron chi connectivity index (χ4n) is 1.94. The summed E-state index contributed by atoms with van der Waals surface area (Å²) in [7, 11) is 0. The number of aliphatic hydroxyl groups excluding tert-OH is 1. The van der Waals surface area contributed by atoms with E-state index >= 15 is 0 Å². The number of hydrogen-bond acceptors (Lipinski definition) is 3. The molecular weight excluding hydrogens is 286 g/mol. The molecule has 1 atom stereocenters. The van der Waals surface area contributed by atoms with Gasteiger partial charge in [-0.2, -0.15) is 5.10 Å². The Labute approximate surface area is 130 Å². The zero-order valence-electron chi connectivity index (χ0n) is 12.5. The van der Waals surface area contributed by atoms with E-state index in [1.54, 1.807) is 11.0 Å². The average molecular weight is 306 g/mol. The smallest absolute Gasteiger partial charge is 0.138 e. The molecule has 0 fully saturated rings. The summed E-state index contributed by atoms with van der Waals surface area (Å²) in [5.41, 5.74) is 1.39. The number of aliphatic hydroxyl groups is 1. The van der Waals surface area contributed by atoms with Crippen LogP contribution in [-0.4, -0.2) is 26.0 Å². The molecule has 112 valence electrons. The van der Waals surface area contributed by atoms with Crippen molar-refractivity contribution >= 4 is 23.4 Å². The maximum absolute atomic E-state index is 10.7. The summed E-state index contributed by atoms with van der Waals surface area (Å²) in [6.07, 6.45) is 5.16. The lowest BCUT2D eigenvalue weighted by Crippen LogP contribution is -2.31. The highest BCUT2D eigenvalue weighted by atomic mass is 35.5. The van der Waals surface area contributed by atoms with Crippen LogP contribution in [0.4, 0.5) is 0 Å². The van der Waals surface area contributed by atoms with E-state index in [4.69, 9.17) is 11.6 Å². The Bertz CT molecular complexity index is 603. The number of benzene rings is 1. The van der Waals surface area contributed by atoms with Crippen molar-refractivity contribution in [2.75, 3.05) is 0 Å². The van der Waals surface area contributed by atoms with Gasteiger partial charge in [-0.05, 0) is 35.6 Å². The Morgan fingerprint density at radius 2 is 2.05 bits per heavy atom. The van der Waals surface area contributed by atoms with Crippen molar-refractivity contribution in [2.45, 2.75) is 33.3 Å². The third-order valence-electron chi connectivity index (χ3n) is 3.80. The van der Waals surface area contributed by atoms with Gasteiger partial charge in [0, 0.05) is 5.02 Å². The predicted molar refractivity (Wildman–Crippen MR) is 85.7 cm³/mol. The predicted octanol–water partition coefficient (Wildman–Crippen LogP) is 3.73. The quantitative estimate of drug-likeness (QED) is 0.916. The molecule has 1 N–H and O–H groups in total. The summed E-state index contributed by atoms with van der Waals surface area (Å²) in [6, 6.07) is 7.46. The van der Waals surface area contributed by atoms with Crippen molar-refractivity contribution in [1.82, 2.24) is 14.8 Å². The van der Waals surface area contributed by atoms with Gasteiger partial charge in [-0.25, -0.2) is 9.67 Å². The molecule has 0 aliphatic heterocycles. The molecule has 0 saturated carbocycles. The maximum atomic E-state index is 10.7. The summed E-state index contributed by atoms with van der Waals surface area (Å²) in [5, 5.41) is 15.6. The second-order valence-electron chi connectivity index (χ2n) is 5.71. The fraction of sp³-hybridized carbons (Fsp3) is 0.375. The summed E-state index contributed by atoms with van der Waals surface area (Å²) >= 11 is 5.91. The van der Waals surface area contributed by atoms with Crippen LogP contribution in [0.2, 0.25) is 5.02 Å². The number of aromatic nitrogens is 3. The molecule has 0 spiro atoms. The minimum absolute atomic E-state index is 0.260. The molecule has 2 rings (SSSR count). The van der Waals surface area contributed by atoms with E-state index in [2.05, 4.69) is 17.0 Å². The molecule has 1 aromatic carbocycles. The molecule has 1 heterocycles. The summed E-state index contributed by atoms with van der Waals surface area (Å²) in [5.74, 6) is 0. The Morgan fingerprint density at radius 1 is 1.38 bits per heavy atom. The highest BCUT2D eigenvalue weighted by Gasteiger charge is 2.30. The van der Waals surface area contributed by atoms with E-state index in [1.165, 1.54) is 6.33 Å². The molecule has 21 heavy (non-hydrogen) atoms. The fourth-order valence-corrected chi connectivity index (χ4v) is 2.06. The van der Waals surface area contributed by atoms with Crippen LogP contribution in [0.25, 0.3) is 11.8 Å². The largest absolute Gasteiger partial charge is 0.386 e. The lowest BCUT2D eigenvalue weighted by Gasteiger charge is -2.30. The van der Waals surface area contributed by atoms with Crippen LogP contribution in [0.3, 0.4) is 0 Å². The molecule has 0 bridgehead atoms. The molecule has 1 unspecified atom stereocenters. The first-order valence-corrected chi connectivity index (χ1v) is 7.32. The maximum Gasteiger partial charge on any atom is 0.138 e. The van der Waals surface area contributed by atoms with Gasteiger partial charge in [0.1, 0.15) is 18.8 Å². The molecular formula is C16H20ClN3O. The molecule has 0 aliphatic rings. The third-order valence-corrected chi connectivity index (χ3v) is 4.05. The molecule has 4 nitrogen and oxygen atoms in total. The first kappa shape index (κ1) is 15.7. The van der Waals surface area contributed by atoms with Crippen LogP contribution in [0.5, 0.6) is 0 Å². The van der Waals surface area contributed by atoms with Crippen LogP contribution in [0, 0.1) is 5.41 Å². The molecule has 5 heteroatoms. The first-order valence-electron chi connectivity index (χ1n) is 6.94. The molecule has 0 aliphatic carbocycles. The second kappa shape index (κ2) is 6.41. The van der Waals surface area contributed by atoms with Crippen molar-refractivity contribution < 1.29 is 5.11 Å². The van der Waals surface area contributed by atoms with Gasteiger partial charge in [-0.1, -0.05) is 44.5 Å². The van der Waals surface area contributed by atoms with E-state index < -0.39 is 6.10 Å². The van der Waals surface area contributed by atoms with Crippen molar-refractivity contribution in [3.8, 4) is 0 Å². The van der Waals surface area contributed by atoms with Crippen LogP contribution in [0.1, 0.15) is 32.8 Å². The number of hydrogen-bond donors (Lipinski definition) is 1. The Kier molecular flexibility index (Phi) is 4.80. The van der Waals surface area contributed by atoms with Crippen LogP contribution >= 0.6 is 11.6 Å². The monoisotopic (exact) mass is 305 g/mol. The third kappa shape index (κ3) is 3.71. The normalized spacial score (nSPS) is 14.2. The van der Waals surface area contributed by atoms with Gasteiger partial charge in [0.05, 0.1) is 5.70 Å². The highest BCUT2D eigenvalue weighted by Crippen LogP contribution is 2.32. The summed E-state index contributed by atoms with van der Waals surface area (Å²) in [6.45, 7) is 6.12. The minimum atomic E-state index is -0.653. The van der Waals surface area contributed by atoms with Crippen molar-refractivity contribution in [3.63, 3.8) is 0 Å². The molecule has 2 aromatic rings. The van der Waals surface area contributed by atoms with Crippen LogP contribution in [-0.2, 0) is 0 Å². The lowest BCUT2D eigenvalue weighted by atomic mass is 9.82. The van der Waals surface area contributed by atoms with E-state index in [0.717, 1.165) is 12.0 Å². The van der Waals surface area contributed by atoms with Crippen molar-refractivity contribution in [3.05, 3.63) is 47.5 Å². The zero-order chi connectivity index (χ0) is 15.5.